The smallest absolute Gasteiger partial charge is 0.0962 e. The van der Waals surface area contributed by atoms with E-state index in [1.54, 1.807) is 12.4 Å². The van der Waals surface area contributed by atoms with Crippen LogP contribution in [0.4, 0.5) is 5.69 Å². The summed E-state index contributed by atoms with van der Waals surface area (Å²) in [6, 6.07) is 13.4. The Morgan fingerprint density at radius 1 is 1.06 bits per heavy atom. The summed E-state index contributed by atoms with van der Waals surface area (Å²) >= 11 is 0. The van der Waals surface area contributed by atoms with Crippen molar-refractivity contribution >= 4 is 18.1 Å². The van der Waals surface area contributed by atoms with Gasteiger partial charge in [0.2, 0.25) is 0 Å². The number of hydrogen-bond donors (Lipinski definition) is 2. The summed E-state index contributed by atoms with van der Waals surface area (Å²) in [6.45, 7) is 0.494. The average molecular weight is 251 g/mol. The van der Waals surface area contributed by atoms with Crippen LogP contribution in [-0.2, 0) is 0 Å². The maximum Gasteiger partial charge on any atom is 0.0962 e. The summed E-state index contributed by atoms with van der Waals surface area (Å²) in [5.74, 6) is 0. The fourth-order valence-electron chi connectivity index (χ4n) is 1.48. The van der Waals surface area contributed by atoms with E-state index in [1.165, 1.54) is 0 Å². The lowest BCUT2D eigenvalue weighted by atomic mass is 10.1. The first kappa shape index (κ1) is 13.5. The average Bonchev–Trinajstić information content (AvgIpc) is 2.38. The van der Waals surface area contributed by atoms with Crippen LogP contribution >= 0.6 is 12.4 Å². The van der Waals surface area contributed by atoms with Crippen LogP contribution in [0, 0.1) is 0 Å². The summed E-state index contributed by atoms with van der Waals surface area (Å²) in [7, 11) is 0. The van der Waals surface area contributed by atoms with Gasteiger partial charge in [-0.1, -0.05) is 30.3 Å². The Kier molecular flexibility index (Phi) is 5.46. The lowest BCUT2D eigenvalue weighted by Gasteiger charge is -2.12. The molecule has 0 amide bonds. The number of benzene rings is 1. The van der Waals surface area contributed by atoms with Crippen molar-refractivity contribution in [2.75, 3.05) is 11.9 Å². The molecule has 0 saturated heterocycles. The van der Waals surface area contributed by atoms with Gasteiger partial charge in [0.25, 0.3) is 0 Å². The van der Waals surface area contributed by atoms with Crippen molar-refractivity contribution in [3.8, 4) is 0 Å². The normalized spacial score (nSPS) is 11.4. The molecule has 0 spiro atoms. The highest BCUT2D eigenvalue weighted by atomic mass is 35.5. The van der Waals surface area contributed by atoms with Gasteiger partial charge >= 0.3 is 0 Å². The lowest BCUT2D eigenvalue weighted by Crippen LogP contribution is -2.11. The molecule has 4 heteroatoms. The Morgan fingerprint density at radius 2 is 1.71 bits per heavy atom. The van der Waals surface area contributed by atoms with Crippen LogP contribution in [0.25, 0.3) is 0 Å². The first-order valence-corrected chi connectivity index (χ1v) is 5.23. The van der Waals surface area contributed by atoms with Gasteiger partial charge in [-0.2, -0.15) is 0 Å². The molecule has 2 N–H and O–H groups in total. The summed E-state index contributed by atoms with van der Waals surface area (Å²) in [5.41, 5.74) is 1.88. The molecule has 3 nitrogen and oxygen atoms in total. The molecule has 0 fully saturated rings. The highest BCUT2D eigenvalue weighted by Crippen LogP contribution is 2.13. The molecule has 0 aliphatic heterocycles. The molecule has 0 bridgehead atoms. The van der Waals surface area contributed by atoms with Crippen molar-refractivity contribution in [1.82, 2.24) is 4.98 Å². The van der Waals surface area contributed by atoms with E-state index in [-0.39, 0.29) is 12.4 Å². The fourth-order valence-corrected chi connectivity index (χ4v) is 1.48. The highest BCUT2D eigenvalue weighted by Gasteiger charge is 2.05. The van der Waals surface area contributed by atoms with Gasteiger partial charge < -0.3 is 10.4 Å². The number of halogens is 1. The second kappa shape index (κ2) is 6.89. The summed E-state index contributed by atoms with van der Waals surface area (Å²) in [4.78, 5) is 3.93. The van der Waals surface area contributed by atoms with E-state index in [1.807, 2.05) is 42.5 Å². The fraction of sp³-hybridized carbons (Fsp3) is 0.154. The number of pyridine rings is 1. The van der Waals surface area contributed by atoms with Crippen molar-refractivity contribution in [1.29, 1.82) is 0 Å². The third-order valence-electron chi connectivity index (χ3n) is 2.36. The molecule has 1 heterocycles. The minimum atomic E-state index is -0.491. The third-order valence-corrected chi connectivity index (χ3v) is 2.36. The van der Waals surface area contributed by atoms with Crippen molar-refractivity contribution in [3.63, 3.8) is 0 Å². The zero-order valence-electron chi connectivity index (χ0n) is 9.28. The second-order valence-corrected chi connectivity index (χ2v) is 3.54. The highest BCUT2D eigenvalue weighted by molar-refractivity contribution is 5.85. The van der Waals surface area contributed by atoms with Gasteiger partial charge in [-0.3, -0.25) is 4.98 Å². The predicted molar refractivity (Wildman–Crippen MR) is 71.4 cm³/mol. The van der Waals surface area contributed by atoms with Crippen LogP contribution in [0.3, 0.4) is 0 Å². The van der Waals surface area contributed by atoms with Gasteiger partial charge in [-0.25, -0.2) is 0 Å². The maximum atomic E-state index is 9.90. The van der Waals surface area contributed by atoms with Crippen LogP contribution in [0.15, 0.2) is 54.9 Å². The van der Waals surface area contributed by atoms with Crippen LogP contribution in [-0.4, -0.2) is 16.6 Å². The zero-order chi connectivity index (χ0) is 11.2. The van der Waals surface area contributed by atoms with Crippen molar-refractivity contribution in [3.05, 3.63) is 60.4 Å². The molecular weight excluding hydrogens is 236 g/mol. The predicted octanol–water partition coefficient (Wildman–Crippen LogP) is 2.65. The molecule has 0 aliphatic carbocycles. The quantitative estimate of drug-likeness (QED) is 0.877. The van der Waals surface area contributed by atoms with Crippen LogP contribution in [0.2, 0.25) is 0 Å². The number of aliphatic hydroxyl groups excluding tert-OH is 1. The Balaban J connectivity index is 0.00000144. The number of anilines is 1. The number of aliphatic hydroxyl groups is 1. The molecule has 0 saturated carbocycles. The van der Waals surface area contributed by atoms with Gasteiger partial charge in [-0.05, 0) is 17.7 Å². The van der Waals surface area contributed by atoms with Crippen molar-refractivity contribution < 1.29 is 5.11 Å². The topological polar surface area (TPSA) is 45.1 Å². The van der Waals surface area contributed by atoms with Crippen LogP contribution in [0.1, 0.15) is 11.7 Å². The monoisotopic (exact) mass is 250 g/mol. The Morgan fingerprint density at radius 3 is 2.35 bits per heavy atom. The molecule has 2 aromatic rings. The minimum Gasteiger partial charge on any atom is -0.387 e. The lowest BCUT2D eigenvalue weighted by molar-refractivity contribution is 0.191. The Labute approximate surface area is 107 Å². The van der Waals surface area contributed by atoms with E-state index in [2.05, 4.69) is 10.3 Å². The SMILES string of the molecule is Cl.OC(CNc1ccncc1)c1ccccc1. The van der Waals surface area contributed by atoms with Gasteiger partial charge in [-0.15, -0.1) is 12.4 Å². The number of aromatic nitrogens is 1. The molecule has 0 aliphatic rings. The molecule has 1 atom stereocenters. The maximum absolute atomic E-state index is 9.90. The van der Waals surface area contributed by atoms with Gasteiger partial charge in [0, 0.05) is 24.6 Å². The van der Waals surface area contributed by atoms with Gasteiger partial charge in [0.15, 0.2) is 0 Å². The van der Waals surface area contributed by atoms with Gasteiger partial charge in [0.1, 0.15) is 0 Å². The largest absolute Gasteiger partial charge is 0.387 e. The van der Waals surface area contributed by atoms with Crippen LogP contribution in [0.5, 0.6) is 0 Å². The molecule has 2 rings (SSSR count). The standard InChI is InChI=1S/C13H14N2O.ClH/c16-13(11-4-2-1-3-5-11)10-15-12-6-8-14-9-7-12;/h1-9,13,16H,10H2,(H,14,15);1H. The van der Waals surface area contributed by atoms with E-state index >= 15 is 0 Å². The van der Waals surface area contributed by atoms with Crippen molar-refractivity contribution in [2.24, 2.45) is 0 Å². The number of hydrogen-bond acceptors (Lipinski definition) is 3. The molecule has 0 radical (unpaired) electrons. The van der Waals surface area contributed by atoms with Crippen LogP contribution < -0.4 is 5.32 Å². The Hall–Kier alpha value is -1.58. The van der Waals surface area contributed by atoms with E-state index in [0.29, 0.717) is 6.54 Å². The van der Waals surface area contributed by atoms with E-state index in [0.717, 1.165) is 11.3 Å². The molecular formula is C13H15ClN2O. The van der Waals surface area contributed by atoms with Gasteiger partial charge in [0.05, 0.1) is 6.10 Å². The molecule has 90 valence electrons. The number of nitrogens with zero attached hydrogens (tertiary/aromatic N) is 1. The summed E-state index contributed by atoms with van der Waals surface area (Å²) in [6.07, 6.45) is 2.95. The summed E-state index contributed by atoms with van der Waals surface area (Å²) < 4.78 is 0. The van der Waals surface area contributed by atoms with Crippen molar-refractivity contribution in [2.45, 2.75) is 6.10 Å². The number of rotatable bonds is 4. The number of nitrogens with one attached hydrogen (secondary N) is 1. The third kappa shape index (κ3) is 4.06. The molecule has 1 unspecified atom stereocenters. The first-order valence-electron chi connectivity index (χ1n) is 5.23. The zero-order valence-corrected chi connectivity index (χ0v) is 10.1. The van der Waals surface area contributed by atoms with E-state index < -0.39 is 6.10 Å². The molecule has 1 aromatic carbocycles. The van der Waals surface area contributed by atoms with E-state index in [9.17, 15) is 5.11 Å². The van der Waals surface area contributed by atoms with E-state index in [4.69, 9.17) is 0 Å². The Bertz CT molecular complexity index is 422. The second-order valence-electron chi connectivity index (χ2n) is 3.54. The first-order chi connectivity index (χ1) is 7.86. The molecule has 17 heavy (non-hydrogen) atoms. The minimum absolute atomic E-state index is 0. The molecule has 1 aromatic heterocycles. The summed E-state index contributed by atoms with van der Waals surface area (Å²) in [5, 5.41) is 13.1.